The smallest absolute Gasteiger partial charge is 0.152 e. The Bertz CT molecular complexity index is 1470. The molecule has 0 spiro atoms. The van der Waals surface area contributed by atoms with Crippen LogP contribution in [0.1, 0.15) is 62.6 Å². The Kier molecular flexibility index (Phi) is 4.53. The van der Waals surface area contributed by atoms with Crippen molar-refractivity contribution in [3.63, 3.8) is 0 Å². The zero-order valence-electron chi connectivity index (χ0n) is 18.5. The molecular weight excluding hydrogens is 397 g/mol. The second-order valence-electron chi connectivity index (χ2n) is 9.38. The van der Waals surface area contributed by atoms with Gasteiger partial charge in [-0.3, -0.25) is 0 Å². The van der Waals surface area contributed by atoms with E-state index in [0.717, 1.165) is 64.3 Å². The maximum atomic E-state index is 15.6. The van der Waals surface area contributed by atoms with E-state index < -0.39 is 0 Å². The first-order chi connectivity index (χ1) is 15.6. The van der Waals surface area contributed by atoms with E-state index in [9.17, 15) is 0 Å². The number of halogens is 1. The molecule has 2 heterocycles. The fourth-order valence-corrected chi connectivity index (χ4v) is 5.28. The molecule has 2 aromatic heterocycles. The lowest BCUT2D eigenvalue weighted by atomic mass is 9.93. The summed E-state index contributed by atoms with van der Waals surface area (Å²) in [5.74, 6) is 0.391. The van der Waals surface area contributed by atoms with Gasteiger partial charge in [-0.25, -0.2) is 9.37 Å². The van der Waals surface area contributed by atoms with Crippen LogP contribution < -0.4 is 0 Å². The number of benzene rings is 3. The third kappa shape index (κ3) is 2.95. The van der Waals surface area contributed by atoms with E-state index in [1.165, 1.54) is 5.56 Å². The van der Waals surface area contributed by atoms with E-state index in [-0.39, 0.29) is 11.7 Å². The van der Waals surface area contributed by atoms with Gasteiger partial charge in [0.15, 0.2) is 5.82 Å². The third-order valence-corrected chi connectivity index (χ3v) is 7.04. The van der Waals surface area contributed by atoms with Crippen molar-refractivity contribution in [2.75, 3.05) is 0 Å². The molecule has 6 rings (SSSR count). The standard InChI is InChI=1S/C29H26FNO/c1-17(2)19-15-23-20-11-7-8-14-25(20)32-29(23)24(16-19)28-22-13-6-5-12-21(22)26(30)27(31-28)18-9-3-4-10-18/h5-8,11-18H,3-4,9-10H2,1-2H3. The minimum Gasteiger partial charge on any atom is -0.455 e. The van der Waals surface area contributed by atoms with Crippen molar-refractivity contribution in [2.45, 2.75) is 51.4 Å². The number of hydrogen-bond acceptors (Lipinski definition) is 2. The van der Waals surface area contributed by atoms with E-state index in [2.05, 4.69) is 32.0 Å². The van der Waals surface area contributed by atoms with Crippen molar-refractivity contribution < 1.29 is 8.81 Å². The van der Waals surface area contributed by atoms with Gasteiger partial charge in [0.2, 0.25) is 0 Å². The second kappa shape index (κ2) is 7.44. The number of rotatable bonds is 3. The SMILES string of the molecule is CC(C)c1cc(-c2nc(C3CCCC3)c(F)c3ccccc23)c2oc3ccccc3c2c1. The van der Waals surface area contributed by atoms with Gasteiger partial charge >= 0.3 is 0 Å². The Morgan fingerprint density at radius 2 is 1.56 bits per heavy atom. The van der Waals surface area contributed by atoms with Crippen LogP contribution in [0.3, 0.4) is 0 Å². The summed E-state index contributed by atoms with van der Waals surface area (Å²) in [6.07, 6.45) is 4.30. The van der Waals surface area contributed by atoms with E-state index in [1.807, 2.05) is 42.5 Å². The Morgan fingerprint density at radius 1 is 0.875 bits per heavy atom. The summed E-state index contributed by atoms with van der Waals surface area (Å²) < 4.78 is 22.0. The summed E-state index contributed by atoms with van der Waals surface area (Å²) in [5, 5.41) is 3.70. The predicted molar refractivity (Wildman–Crippen MR) is 130 cm³/mol. The highest BCUT2D eigenvalue weighted by molar-refractivity contribution is 6.12. The van der Waals surface area contributed by atoms with Gasteiger partial charge in [-0.05, 0) is 42.5 Å². The maximum absolute atomic E-state index is 15.6. The molecule has 32 heavy (non-hydrogen) atoms. The van der Waals surface area contributed by atoms with Crippen LogP contribution in [0.25, 0.3) is 44.0 Å². The first-order valence-electron chi connectivity index (χ1n) is 11.7. The lowest BCUT2D eigenvalue weighted by molar-refractivity contribution is 0.575. The van der Waals surface area contributed by atoms with Gasteiger partial charge in [-0.1, -0.05) is 69.2 Å². The first-order valence-corrected chi connectivity index (χ1v) is 11.7. The summed E-state index contributed by atoms with van der Waals surface area (Å²) >= 11 is 0. The van der Waals surface area contributed by atoms with Crippen molar-refractivity contribution in [3.05, 3.63) is 77.7 Å². The lowest BCUT2D eigenvalue weighted by Gasteiger charge is -2.17. The van der Waals surface area contributed by atoms with Crippen molar-refractivity contribution in [3.8, 4) is 11.3 Å². The molecule has 0 radical (unpaired) electrons. The zero-order valence-corrected chi connectivity index (χ0v) is 18.5. The summed E-state index contributed by atoms with van der Waals surface area (Å²) in [5.41, 5.74) is 5.34. The van der Waals surface area contributed by atoms with Gasteiger partial charge in [0.1, 0.15) is 11.2 Å². The molecule has 3 aromatic carbocycles. The number of nitrogens with zero attached hydrogens (tertiary/aromatic N) is 1. The molecule has 160 valence electrons. The fraction of sp³-hybridized carbons (Fsp3) is 0.276. The Labute approximate surface area is 187 Å². The van der Waals surface area contributed by atoms with Gasteiger partial charge in [-0.2, -0.15) is 0 Å². The number of aromatic nitrogens is 1. The summed E-state index contributed by atoms with van der Waals surface area (Å²) in [4.78, 5) is 5.04. The molecule has 1 aliphatic carbocycles. The van der Waals surface area contributed by atoms with Gasteiger partial charge < -0.3 is 4.42 Å². The first kappa shape index (κ1) is 19.5. The molecule has 0 unspecified atom stereocenters. The Balaban J connectivity index is 1.73. The molecule has 1 saturated carbocycles. The topological polar surface area (TPSA) is 26.0 Å². The highest BCUT2D eigenvalue weighted by atomic mass is 19.1. The van der Waals surface area contributed by atoms with Crippen molar-refractivity contribution in [1.29, 1.82) is 0 Å². The molecule has 2 nitrogen and oxygen atoms in total. The normalized spacial score (nSPS) is 15.0. The highest BCUT2D eigenvalue weighted by Gasteiger charge is 2.26. The molecule has 0 bridgehead atoms. The van der Waals surface area contributed by atoms with E-state index in [0.29, 0.717) is 17.0 Å². The average Bonchev–Trinajstić information content (AvgIpc) is 3.47. The number of hydrogen-bond donors (Lipinski definition) is 0. The van der Waals surface area contributed by atoms with Gasteiger partial charge in [0.25, 0.3) is 0 Å². The van der Waals surface area contributed by atoms with Crippen LogP contribution in [-0.4, -0.2) is 4.98 Å². The van der Waals surface area contributed by atoms with Crippen LogP contribution in [0.15, 0.2) is 65.1 Å². The van der Waals surface area contributed by atoms with Crippen LogP contribution in [0.4, 0.5) is 4.39 Å². The Hall–Kier alpha value is -3.20. The minimum atomic E-state index is -0.155. The molecule has 1 aliphatic rings. The molecule has 0 amide bonds. The van der Waals surface area contributed by atoms with Crippen LogP contribution in [0, 0.1) is 5.82 Å². The van der Waals surface area contributed by atoms with Crippen LogP contribution in [-0.2, 0) is 0 Å². The van der Waals surface area contributed by atoms with E-state index in [1.54, 1.807) is 0 Å². The molecule has 1 fully saturated rings. The lowest BCUT2D eigenvalue weighted by Crippen LogP contribution is -2.04. The van der Waals surface area contributed by atoms with Gasteiger partial charge in [0, 0.05) is 33.0 Å². The zero-order chi connectivity index (χ0) is 21.8. The second-order valence-corrected chi connectivity index (χ2v) is 9.38. The molecular formula is C29H26FNO. The molecule has 3 heteroatoms. The van der Waals surface area contributed by atoms with E-state index in [4.69, 9.17) is 9.40 Å². The summed E-state index contributed by atoms with van der Waals surface area (Å²) in [6, 6.07) is 20.3. The van der Waals surface area contributed by atoms with Crippen molar-refractivity contribution in [1.82, 2.24) is 4.98 Å². The number of fused-ring (bicyclic) bond motifs is 4. The molecule has 0 atom stereocenters. The quantitative estimate of drug-likeness (QED) is 0.290. The van der Waals surface area contributed by atoms with Crippen LogP contribution in [0.2, 0.25) is 0 Å². The average molecular weight is 424 g/mol. The van der Waals surface area contributed by atoms with Crippen LogP contribution in [0.5, 0.6) is 0 Å². The minimum absolute atomic E-state index is 0.155. The number of pyridine rings is 1. The Morgan fingerprint density at radius 3 is 2.31 bits per heavy atom. The highest BCUT2D eigenvalue weighted by Crippen LogP contribution is 2.43. The maximum Gasteiger partial charge on any atom is 0.152 e. The van der Waals surface area contributed by atoms with Crippen molar-refractivity contribution >= 4 is 32.7 Å². The van der Waals surface area contributed by atoms with Gasteiger partial charge in [-0.15, -0.1) is 0 Å². The van der Waals surface area contributed by atoms with Crippen molar-refractivity contribution in [2.24, 2.45) is 0 Å². The summed E-state index contributed by atoms with van der Waals surface area (Å²) in [7, 11) is 0. The number of furan rings is 1. The van der Waals surface area contributed by atoms with E-state index >= 15 is 4.39 Å². The van der Waals surface area contributed by atoms with Gasteiger partial charge in [0.05, 0.1) is 11.4 Å². The molecule has 0 saturated heterocycles. The molecule has 0 aliphatic heterocycles. The van der Waals surface area contributed by atoms with Crippen LogP contribution >= 0.6 is 0 Å². The monoisotopic (exact) mass is 423 g/mol. The predicted octanol–water partition coefficient (Wildman–Crippen LogP) is 8.72. The summed E-state index contributed by atoms with van der Waals surface area (Å²) in [6.45, 7) is 4.40. The fourth-order valence-electron chi connectivity index (χ4n) is 5.28. The molecule has 5 aromatic rings. The largest absolute Gasteiger partial charge is 0.455 e. The molecule has 0 N–H and O–H groups in total. The third-order valence-electron chi connectivity index (χ3n) is 7.04. The number of para-hydroxylation sites is 1.